The van der Waals surface area contributed by atoms with Crippen LogP contribution in [0.25, 0.3) is 0 Å². The average molecular weight is 330 g/mol. The average Bonchev–Trinajstić information content (AvgIpc) is 2.37. The van der Waals surface area contributed by atoms with Crippen molar-refractivity contribution in [1.29, 1.82) is 0 Å². The van der Waals surface area contributed by atoms with E-state index < -0.39 is 0 Å². The van der Waals surface area contributed by atoms with Gasteiger partial charge in [-0.1, -0.05) is 37.0 Å². The van der Waals surface area contributed by atoms with E-state index in [1.54, 1.807) is 18.2 Å². The number of halogens is 2. The highest BCUT2D eigenvalue weighted by Gasteiger charge is 2.21. The van der Waals surface area contributed by atoms with Gasteiger partial charge in [0.1, 0.15) is 0 Å². The molecule has 1 heterocycles. The summed E-state index contributed by atoms with van der Waals surface area (Å²) in [6.45, 7) is 8.83. The molecule has 1 aromatic rings. The summed E-state index contributed by atoms with van der Waals surface area (Å²) in [5.74, 6) is 0.652. The van der Waals surface area contributed by atoms with Gasteiger partial charge in [0, 0.05) is 48.5 Å². The monoisotopic (exact) mass is 329 g/mol. The third-order valence-corrected chi connectivity index (χ3v) is 3.83. The Morgan fingerprint density at radius 3 is 2.24 bits per heavy atom. The van der Waals surface area contributed by atoms with Gasteiger partial charge in [-0.05, 0) is 24.1 Å². The molecule has 0 saturated carbocycles. The molecule has 1 saturated heterocycles. The zero-order valence-corrected chi connectivity index (χ0v) is 13.9. The van der Waals surface area contributed by atoms with Gasteiger partial charge >= 0.3 is 6.03 Å². The van der Waals surface area contributed by atoms with E-state index in [2.05, 4.69) is 24.1 Å². The normalized spacial score (nSPS) is 16.3. The Kier molecular flexibility index (Phi) is 5.73. The minimum absolute atomic E-state index is 0.0995. The summed E-state index contributed by atoms with van der Waals surface area (Å²) in [6.07, 6.45) is 0. The van der Waals surface area contributed by atoms with Crippen molar-refractivity contribution in [3.05, 3.63) is 28.2 Å². The highest BCUT2D eigenvalue weighted by atomic mass is 35.5. The van der Waals surface area contributed by atoms with Crippen LogP contribution in [0, 0.1) is 5.92 Å². The van der Waals surface area contributed by atoms with Crippen LogP contribution in [0.2, 0.25) is 10.0 Å². The number of nitrogens with one attached hydrogen (secondary N) is 1. The second-order valence-electron chi connectivity index (χ2n) is 5.77. The predicted octanol–water partition coefficient (Wildman–Crippen LogP) is 3.80. The molecule has 1 fully saturated rings. The second kappa shape index (κ2) is 7.34. The molecular weight excluding hydrogens is 309 g/mol. The van der Waals surface area contributed by atoms with E-state index >= 15 is 0 Å². The molecule has 0 spiro atoms. The standard InChI is InChI=1S/C15H21Cl2N3O/c1-11(2)10-19-3-5-20(6-4-19)15(21)18-14-8-12(16)7-13(17)9-14/h7-9,11H,3-6,10H2,1-2H3,(H,18,21). The van der Waals surface area contributed by atoms with Gasteiger partial charge in [-0.25, -0.2) is 4.79 Å². The molecule has 1 N–H and O–H groups in total. The fourth-order valence-electron chi connectivity index (χ4n) is 2.48. The maximum Gasteiger partial charge on any atom is 0.321 e. The molecule has 21 heavy (non-hydrogen) atoms. The first kappa shape index (κ1) is 16.4. The van der Waals surface area contributed by atoms with Crippen molar-refractivity contribution in [1.82, 2.24) is 9.80 Å². The van der Waals surface area contributed by atoms with Crippen LogP contribution in [0.5, 0.6) is 0 Å². The molecule has 1 aromatic carbocycles. The number of carbonyl (C=O) groups is 1. The van der Waals surface area contributed by atoms with Crippen molar-refractivity contribution >= 4 is 34.9 Å². The first-order valence-corrected chi connectivity index (χ1v) is 7.94. The Hall–Kier alpha value is -0.970. The van der Waals surface area contributed by atoms with E-state index in [4.69, 9.17) is 23.2 Å². The first-order valence-electron chi connectivity index (χ1n) is 7.18. The smallest absolute Gasteiger partial charge is 0.321 e. The van der Waals surface area contributed by atoms with Crippen LogP contribution >= 0.6 is 23.2 Å². The van der Waals surface area contributed by atoms with Crippen LogP contribution < -0.4 is 5.32 Å². The molecule has 6 heteroatoms. The van der Waals surface area contributed by atoms with E-state index in [9.17, 15) is 4.79 Å². The van der Waals surface area contributed by atoms with E-state index in [0.29, 0.717) is 21.7 Å². The van der Waals surface area contributed by atoms with Crippen molar-refractivity contribution in [3.63, 3.8) is 0 Å². The number of anilines is 1. The lowest BCUT2D eigenvalue weighted by Gasteiger charge is -2.35. The van der Waals surface area contributed by atoms with Crippen LogP contribution in [0.3, 0.4) is 0 Å². The second-order valence-corrected chi connectivity index (χ2v) is 6.64. The maximum atomic E-state index is 12.2. The Bertz CT molecular complexity index is 479. The van der Waals surface area contributed by atoms with E-state index in [1.165, 1.54) is 0 Å². The summed E-state index contributed by atoms with van der Waals surface area (Å²) in [6, 6.07) is 4.93. The van der Waals surface area contributed by atoms with Gasteiger partial charge in [0.05, 0.1) is 0 Å². The Morgan fingerprint density at radius 1 is 1.14 bits per heavy atom. The summed E-state index contributed by atoms with van der Waals surface area (Å²) in [4.78, 5) is 16.4. The number of amides is 2. The first-order chi connectivity index (χ1) is 9.94. The molecule has 0 radical (unpaired) electrons. The Labute approximate surface area is 136 Å². The largest absolute Gasteiger partial charge is 0.322 e. The minimum Gasteiger partial charge on any atom is -0.322 e. The fraction of sp³-hybridized carbons (Fsp3) is 0.533. The lowest BCUT2D eigenvalue weighted by atomic mass is 10.2. The number of rotatable bonds is 3. The van der Waals surface area contributed by atoms with E-state index in [-0.39, 0.29) is 6.03 Å². The van der Waals surface area contributed by atoms with Crippen molar-refractivity contribution in [2.45, 2.75) is 13.8 Å². The molecular formula is C15H21Cl2N3O. The molecule has 0 unspecified atom stereocenters. The van der Waals surface area contributed by atoms with Crippen LogP contribution in [0.4, 0.5) is 10.5 Å². The molecule has 0 bridgehead atoms. The van der Waals surface area contributed by atoms with Crippen molar-refractivity contribution < 1.29 is 4.79 Å². The number of hydrogen-bond donors (Lipinski definition) is 1. The highest BCUT2D eigenvalue weighted by Crippen LogP contribution is 2.22. The molecule has 1 aliphatic rings. The molecule has 4 nitrogen and oxygen atoms in total. The topological polar surface area (TPSA) is 35.6 Å². The number of benzene rings is 1. The quantitative estimate of drug-likeness (QED) is 0.915. The molecule has 0 aromatic heterocycles. The van der Waals surface area contributed by atoms with E-state index in [1.807, 2.05) is 4.90 Å². The van der Waals surface area contributed by atoms with Crippen molar-refractivity contribution in [2.75, 3.05) is 38.0 Å². The highest BCUT2D eigenvalue weighted by molar-refractivity contribution is 6.35. The number of piperazine rings is 1. The van der Waals surface area contributed by atoms with E-state index in [0.717, 1.165) is 32.7 Å². The maximum absolute atomic E-state index is 12.2. The number of carbonyl (C=O) groups excluding carboxylic acids is 1. The summed E-state index contributed by atoms with van der Waals surface area (Å²) in [5, 5.41) is 3.88. The SMILES string of the molecule is CC(C)CN1CCN(C(=O)Nc2cc(Cl)cc(Cl)c2)CC1. The van der Waals surface area contributed by atoms with Gasteiger partial charge in [0.15, 0.2) is 0 Å². The summed E-state index contributed by atoms with van der Waals surface area (Å²) in [7, 11) is 0. The third kappa shape index (κ3) is 5.06. The van der Waals surface area contributed by atoms with Gasteiger partial charge in [0.2, 0.25) is 0 Å². The fourth-order valence-corrected chi connectivity index (χ4v) is 3.00. The van der Waals surface area contributed by atoms with Crippen molar-refractivity contribution in [2.24, 2.45) is 5.92 Å². The number of nitrogens with zero attached hydrogens (tertiary/aromatic N) is 2. The summed E-state index contributed by atoms with van der Waals surface area (Å²) >= 11 is 11.9. The minimum atomic E-state index is -0.0995. The molecule has 1 aliphatic heterocycles. The van der Waals surface area contributed by atoms with Crippen molar-refractivity contribution in [3.8, 4) is 0 Å². The number of hydrogen-bond acceptors (Lipinski definition) is 2. The van der Waals surface area contributed by atoms with Gasteiger partial charge in [-0.2, -0.15) is 0 Å². The third-order valence-electron chi connectivity index (χ3n) is 3.40. The molecule has 2 rings (SSSR count). The molecule has 2 amide bonds. The van der Waals surface area contributed by atoms with Gasteiger partial charge in [0.25, 0.3) is 0 Å². The van der Waals surface area contributed by atoms with Gasteiger partial charge in [-0.3, -0.25) is 4.90 Å². The molecule has 0 atom stereocenters. The molecule has 0 aliphatic carbocycles. The molecule has 116 valence electrons. The van der Waals surface area contributed by atoms with Crippen LogP contribution in [0.1, 0.15) is 13.8 Å². The van der Waals surface area contributed by atoms with Crippen LogP contribution in [-0.2, 0) is 0 Å². The number of urea groups is 1. The van der Waals surface area contributed by atoms with Gasteiger partial charge < -0.3 is 10.2 Å². The van der Waals surface area contributed by atoms with Crippen LogP contribution in [0.15, 0.2) is 18.2 Å². The predicted molar refractivity (Wildman–Crippen MR) is 88.3 cm³/mol. The van der Waals surface area contributed by atoms with Gasteiger partial charge in [-0.15, -0.1) is 0 Å². The summed E-state index contributed by atoms with van der Waals surface area (Å²) in [5.41, 5.74) is 0.627. The van der Waals surface area contributed by atoms with Crippen LogP contribution in [-0.4, -0.2) is 48.6 Å². The summed E-state index contributed by atoms with van der Waals surface area (Å²) < 4.78 is 0. The zero-order chi connectivity index (χ0) is 15.4. The Morgan fingerprint density at radius 2 is 1.71 bits per heavy atom. The Balaban J connectivity index is 1.87. The zero-order valence-electron chi connectivity index (χ0n) is 12.4. The lowest BCUT2D eigenvalue weighted by molar-refractivity contribution is 0.138. The lowest BCUT2D eigenvalue weighted by Crippen LogP contribution is -2.50.